The normalized spacial score (nSPS) is 11.3. The minimum Gasteiger partial charge on any atom is -0.275 e. The summed E-state index contributed by atoms with van der Waals surface area (Å²) in [5.74, 6) is -0.857. The molecule has 0 unspecified atom stereocenters. The molecule has 0 saturated heterocycles. The van der Waals surface area contributed by atoms with Crippen molar-refractivity contribution in [1.82, 2.24) is 4.98 Å². The highest BCUT2D eigenvalue weighted by Gasteiger charge is 2.19. The zero-order valence-electron chi connectivity index (χ0n) is 9.27. The number of benzene rings is 1. The highest BCUT2D eigenvalue weighted by molar-refractivity contribution is 7.92. The molecule has 0 atom stereocenters. The lowest BCUT2D eigenvalue weighted by Crippen LogP contribution is -2.14. The number of anilines is 1. The molecule has 1 heterocycles. The lowest BCUT2D eigenvalue weighted by atomic mass is 10.3. The fraction of sp³-hybridized carbons (Fsp3) is 0. The summed E-state index contributed by atoms with van der Waals surface area (Å²) in [7, 11) is -3.95. The molecule has 1 N–H and O–H groups in total. The lowest BCUT2D eigenvalue weighted by Gasteiger charge is -2.10. The van der Waals surface area contributed by atoms with Gasteiger partial charge in [-0.2, -0.15) is 0 Å². The van der Waals surface area contributed by atoms with E-state index in [1.807, 2.05) is 0 Å². The SMILES string of the molecule is O=S(=O)(Nc1c(F)cc(Cl)cc1Cl)c1cccnc1. The molecule has 0 aliphatic rings. The van der Waals surface area contributed by atoms with Crippen molar-refractivity contribution < 1.29 is 12.8 Å². The molecule has 8 heteroatoms. The van der Waals surface area contributed by atoms with Crippen LogP contribution in [0.4, 0.5) is 10.1 Å². The van der Waals surface area contributed by atoms with Crippen LogP contribution >= 0.6 is 23.2 Å². The van der Waals surface area contributed by atoms with Gasteiger partial charge in [-0.3, -0.25) is 9.71 Å². The number of nitrogens with zero attached hydrogens (tertiary/aromatic N) is 1. The lowest BCUT2D eigenvalue weighted by molar-refractivity contribution is 0.598. The summed E-state index contributed by atoms with van der Waals surface area (Å²) in [6, 6.07) is 4.99. The van der Waals surface area contributed by atoms with Gasteiger partial charge in [-0.15, -0.1) is 0 Å². The van der Waals surface area contributed by atoms with Crippen molar-refractivity contribution in [2.75, 3.05) is 4.72 Å². The van der Waals surface area contributed by atoms with E-state index >= 15 is 0 Å². The number of hydrogen-bond acceptors (Lipinski definition) is 3. The number of rotatable bonds is 3. The van der Waals surface area contributed by atoms with Crippen molar-refractivity contribution in [3.05, 3.63) is 52.5 Å². The summed E-state index contributed by atoms with van der Waals surface area (Å²) in [5, 5.41) is -0.0516. The molecule has 0 spiro atoms. The highest BCUT2D eigenvalue weighted by atomic mass is 35.5. The number of hydrogen-bond donors (Lipinski definition) is 1. The standard InChI is InChI=1S/C11H7Cl2FN2O2S/c12-7-4-9(13)11(10(14)5-7)16-19(17,18)8-2-1-3-15-6-8/h1-6,16H. The van der Waals surface area contributed by atoms with Crippen LogP contribution in [0.5, 0.6) is 0 Å². The predicted octanol–water partition coefficient (Wildman–Crippen LogP) is 3.33. The highest BCUT2D eigenvalue weighted by Crippen LogP contribution is 2.30. The molecule has 0 radical (unpaired) electrons. The maximum atomic E-state index is 13.6. The Balaban J connectivity index is 2.42. The third-order valence-corrected chi connectivity index (χ3v) is 4.04. The van der Waals surface area contributed by atoms with E-state index in [-0.39, 0.29) is 20.6 Å². The molecule has 4 nitrogen and oxygen atoms in total. The molecule has 0 aliphatic carbocycles. The summed E-state index contributed by atoms with van der Waals surface area (Å²) in [6.45, 7) is 0. The quantitative estimate of drug-likeness (QED) is 0.943. The fourth-order valence-corrected chi connectivity index (χ4v) is 2.96. The van der Waals surface area contributed by atoms with Crippen LogP contribution in [-0.2, 0) is 10.0 Å². The minimum atomic E-state index is -3.95. The number of halogens is 3. The molecule has 0 bridgehead atoms. The van der Waals surface area contributed by atoms with Gasteiger partial charge in [-0.05, 0) is 24.3 Å². The average Bonchev–Trinajstić information content (AvgIpc) is 2.35. The van der Waals surface area contributed by atoms with Crippen LogP contribution in [0.1, 0.15) is 0 Å². The van der Waals surface area contributed by atoms with Crippen LogP contribution in [0, 0.1) is 5.82 Å². The van der Waals surface area contributed by atoms with Gasteiger partial charge in [0.2, 0.25) is 0 Å². The molecule has 0 saturated carbocycles. The fourth-order valence-electron chi connectivity index (χ4n) is 1.34. The van der Waals surface area contributed by atoms with E-state index in [9.17, 15) is 12.8 Å². The zero-order valence-corrected chi connectivity index (χ0v) is 11.6. The Hall–Kier alpha value is -1.37. The van der Waals surface area contributed by atoms with Gasteiger partial charge in [-0.25, -0.2) is 12.8 Å². The van der Waals surface area contributed by atoms with E-state index in [1.54, 1.807) is 0 Å². The van der Waals surface area contributed by atoms with Gasteiger partial charge < -0.3 is 0 Å². The average molecular weight is 321 g/mol. The first-order valence-electron chi connectivity index (χ1n) is 4.97. The van der Waals surface area contributed by atoms with Crippen LogP contribution in [0.2, 0.25) is 10.0 Å². The largest absolute Gasteiger partial charge is 0.275 e. The summed E-state index contributed by atoms with van der Waals surface area (Å²) in [5.41, 5.74) is -0.352. The first-order valence-corrected chi connectivity index (χ1v) is 7.21. The van der Waals surface area contributed by atoms with Crippen molar-refractivity contribution in [2.45, 2.75) is 4.90 Å². The van der Waals surface area contributed by atoms with E-state index < -0.39 is 15.8 Å². The Morgan fingerprint density at radius 3 is 2.58 bits per heavy atom. The summed E-state index contributed by atoms with van der Waals surface area (Å²) in [4.78, 5) is 3.59. The zero-order chi connectivity index (χ0) is 14.0. The number of aromatic nitrogens is 1. The second-order valence-corrected chi connectivity index (χ2v) is 6.06. The van der Waals surface area contributed by atoms with Gasteiger partial charge in [-0.1, -0.05) is 23.2 Å². The predicted molar refractivity (Wildman–Crippen MR) is 71.5 cm³/mol. The Bertz CT molecular complexity index is 685. The Kier molecular flexibility index (Phi) is 3.93. The van der Waals surface area contributed by atoms with Gasteiger partial charge in [0.15, 0.2) is 0 Å². The van der Waals surface area contributed by atoms with Crippen molar-refractivity contribution in [3.63, 3.8) is 0 Å². The van der Waals surface area contributed by atoms with Crippen molar-refractivity contribution >= 4 is 38.9 Å². The monoisotopic (exact) mass is 320 g/mol. The molecule has 1 aromatic heterocycles. The van der Waals surface area contributed by atoms with Crippen LogP contribution in [0.3, 0.4) is 0 Å². The third-order valence-electron chi connectivity index (χ3n) is 2.19. The smallest absolute Gasteiger partial charge is 0.263 e. The molecule has 19 heavy (non-hydrogen) atoms. The second kappa shape index (κ2) is 5.32. The van der Waals surface area contributed by atoms with Gasteiger partial charge >= 0.3 is 0 Å². The van der Waals surface area contributed by atoms with Crippen molar-refractivity contribution in [3.8, 4) is 0 Å². The van der Waals surface area contributed by atoms with Crippen LogP contribution in [0.15, 0.2) is 41.6 Å². The number of nitrogens with one attached hydrogen (secondary N) is 1. The molecule has 0 amide bonds. The molecule has 1 aromatic carbocycles. The summed E-state index contributed by atoms with van der Waals surface area (Å²) in [6.07, 6.45) is 2.57. The molecule has 2 rings (SSSR count). The van der Waals surface area contributed by atoms with E-state index in [2.05, 4.69) is 9.71 Å². The Labute approximate surface area is 119 Å². The van der Waals surface area contributed by atoms with Gasteiger partial charge in [0.05, 0.1) is 5.02 Å². The van der Waals surface area contributed by atoms with Crippen molar-refractivity contribution in [2.24, 2.45) is 0 Å². The van der Waals surface area contributed by atoms with Crippen LogP contribution in [0.25, 0.3) is 0 Å². The van der Waals surface area contributed by atoms with Gasteiger partial charge in [0, 0.05) is 17.4 Å². The van der Waals surface area contributed by atoms with E-state index in [4.69, 9.17) is 23.2 Å². The van der Waals surface area contributed by atoms with E-state index in [1.165, 1.54) is 24.4 Å². The molecule has 100 valence electrons. The number of sulfonamides is 1. The third kappa shape index (κ3) is 3.15. The molecular formula is C11H7Cl2FN2O2S. The van der Waals surface area contributed by atoms with Crippen LogP contribution in [-0.4, -0.2) is 13.4 Å². The molecule has 2 aromatic rings. The minimum absolute atomic E-state index is 0.0758. The Morgan fingerprint density at radius 1 is 1.26 bits per heavy atom. The van der Waals surface area contributed by atoms with E-state index in [0.717, 1.165) is 12.3 Å². The van der Waals surface area contributed by atoms with Gasteiger partial charge in [0.25, 0.3) is 10.0 Å². The Morgan fingerprint density at radius 2 is 2.00 bits per heavy atom. The number of pyridine rings is 1. The topological polar surface area (TPSA) is 59.1 Å². The van der Waals surface area contributed by atoms with Crippen molar-refractivity contribution in [1.29, 1.82) is 0 Å². The maximum Gasteiger partial charge on any atom is 0.263 e. The van der Waals surface area contributed by atoms with Crippen LogP contribution < -0.4 is 4.72 Å². The van der Waals surface area contributed by atoms with E-state index in [0.29, 0.717) is 0 Å². The molecule has 0 fully saturated rings. The van der Waals surface area contributed by atoms with Gasteiger partial charge in [0.1, 0.15) is 16.4 Å². The first kappa shape index (κ1) is 14.0. The summed E-state index contributed by atoms with van der Waals surface area (Å²) < 4.78 is 39.7. The second-order valence-electron chi connectivity index (χ2n) is 3.54. The molecule has 0 aliphatic heterocycles. The molecular weight excluding hydrogens is 314 g/mol. The maximum absolute atomic E-state index is 13.6. The summed E-state index contributed by atoms with van der Waals surface area (Å²) >= 11 is 11.4. The first-order chi connectivity index (χ1) is 8.90.